The van der Waals surface area contributed by atoms with Crippen molar-refractivity contribution in [2.45, 2.75) is 45.7 Å². The molecular weight excluding hydrogens is 308 g/mol. The zero-order chi connectivity index (χ0) is 17.1. The molecule has 2 amide bonds. The molecule has 0 radical (unpaired) electrons. The van der Waals surface area contributed by atoms with Crippen molar-refractivity contribution in [3.05, 3.63) is 47.3 Å². The minimum Gasteiger partial charge on any atom is -0.467 e. The van der Waals surface area contributed by atoms with Crippen LogP contribution in [0.4, 0.5) is 0 Å². The van der Waals surface area contributed by atoms with Crippen LogP contribution < -0.4 is 5.32 Å². The van der Waals surface area contributed by atoms with E-state index in [4.69, 9.17) is 8.83 Å². The first kappa shape index (κ1) is 16.4. The molecule has 24 heavy (non-hydrogen) atoms. The number of hydrogen-bond donors (Lipinski definition) is 1. The molecule has 128 valence electrons. The van der Waals surface area contributed by atoms with Crippen LogP contribution in [0.2, 0.25) is 0 Å². The molecule has 2 aromatic rings. The number of amides is 2. The van der Waals surface area contributed by atoms with E-state index in [2.05, 4.69) is 5.32 Å². The summed E-state index contributed by atoms with van der Waals surface area (Å²) in [6.07, 6.45) is 4.09. The fourth-order valence-electron chi connectivity index (χ4n) is 3.15. The van der Waals surface area contributed by atoms with Gasteiger partial charge in [-0.25, -0.2) is 0 Å². The predicted octanol–water partition coefficient (Wildman–Crippen LogP) is 2.80. The van der Waals surface area contributed by atoms with E-state index in [1.807, 2.05) is 13.0 Å². The van der Waals surface area contributed by atoms with Crippen molar-refractivity contribution in [3.63, 3.8) is 0 Å². The minimum atomic E-state index is -0.448. The average molecular weight is 330 g/mol. The lowest BCUT2D eigenvalue weighted by atomic mass is 10.00. The van der Waals surface area contributed by atoms with Crippen LogP contribution in [0.1, 0.15) is 46.9 Å². The minimum absolute atomic E-state index is 0.137. The van der Waals surface area contributed by atoms with Crippen molar-refractivity contribution in [3.8, 4) is 0 Å². The summed E-state index contributed by atoms with van der Waals surface area (Å²) in [7, 11) is 0. The molecule has 1 unspecified atom stereocenters. The Labute approximate surface area is 140 Å². The van der Waals surface area contributed by atoms with Crippen LogP contribution in [0, 0.1) is 13.8 Å². The lowest BCUT2D eigenvalue weighted by Crippen LogP contribution is -2.51. The van der Waals surface area contributed by atoms with E-state index < -0.39 is 6.04 Å². The maximum Gasteiger partial charge on any atom is 0.258 e. The van der Waals surface area contributed by atoms with Gasteiger partial charge in [0.2, 0.25) is 5.91 Å². The number of nitrogens with one attached hydrogen (secondary N) is 1. The van der Waals surface area contributed by atoms with Gasteiger partial charge in [0, 0.05) is 6.54 Å². The molecular formula is C18H22N2O4. The van der Waals surface area contributed by atoms with Crippen molar-refractivity contribution in [2.75, 3.05) is 6.54 Å². The lowest BCUT2D eigenvalue weighted by molar-refractivity contribution is -0.126. The molecule has 3 heterocycles. The van der Waals surface area contributed by atoms with Crippen LogP contribution in [0.25, 0.3) is 0 Å². The van der Waals surface area contributed by atoms with Gasteiger partial charge in [0.25, 0.3) is 5.91 Å². The molecule has 0 bridgehead atoms. The zero-order valence-corrected chi connectivity index (χ0v) is 14.0. The van der Waals surface area contributed by atoms with Crippen molar-refractivity contribution in [2.24, 2.45) is 0 Å². The molecule has 0 aromatic carbocycles. The van der Waals surface area contributed by atoms with Crippen molar-refractivity contribution in [1.29, 1.82) is 0 Å². The van der Waals surface area contributed by atoms with E-state index in [0.717, 1.165) is 12.8 Å². The van der Waals surface area contributed by atoms with Gasteiger partial charge < -0.3 is 19.1 Å². The van der Waals surface area contributed by atoms with Crippen LogP contribution in [0.5, 0.6) is 0 Å². The third-order valence-electron chi connectivity index (χ3n) is 4.35. The molecule has 0 saturated carbocycles. The number of nitrogens with zero attached hydrogens (tertiary/aromatic N) is 1. The number of piperidine rings is 1. The first-order valence-electron chi connectivity index (χ1n) is 8.24. The third kappa shape index (κ3) is 3.37. The number of hydrogen-bond acceptors (Lipinski definition) is 4. The highest BCUT2D eigenvalue weighted by atomic mass is 16.3. The summed E-state index contributed by atoms with van der Waals surface area (Å²) in [5.74, 6) is 1.71. The van der Waals surface area contributed by atoms with E-state index in [-0.39, 0.29) is 11.8 Å². The number of likely N-dealkylation sites (tertiary alicyclic amines) is 1. The van der Waals surface area contributed by atoms with Crippen LogP contribution >= 0.6 is 0 Å². The zero-order valence-electron chi connectivity index (χ0n) is 14.0. The quantitative estimate of drug-likeness (QED) is 0.935. The number of carbonyl (C=O) groups is 2. The van der Waals surface area contributed by atoms with Crippen LogP contribution in [-0.4, -0.2) is 29.3 Å². The number of furan rings is 2. The van der Waals surface area contributed by atoms with Gasteiger partial charge in [-0.1, -0.05) is 0 Å². The third-order valence-corrected chi connectivity index (χ3v) is 4.35. The summed E-state index contributed by atoms with van der Waals surface area (Å²) in [6.45, 7) is 4.50. The van der Waals surface area contributed by atoms with E-state index >= 15 is 0 Å². The Kier molecular flexibility index (Phi) is 4.74. The molecule has 1 N–H and O–H groups in total. The van der Waals surface area contributed by atoms with E-state index in [0.29, 0.717) is 42.4 Å². The Bertz CT molecular complexity index is 717. The fourth-order valence-corrected chi connectivity index (χ4v) is 3.15. The van der Waals surface area contributed by atoms with Gasteiger partial charge in [0.05, 0.1) is 18.4 Å². The summed E-state index contributed by atoms with van der Waals surface area (Å²) < 4.78 is 10.7. The average Bonchev–Trinajstić information content (AvgIpc) is 3.21. The molecule has 2 aromatic heterocycles. The first-order valence-corrected chi connectivity index (χ1v) is 8.24. The van der Waals surface area contributed by atoms with Crippen LogP contribution in [-0.2, 0) is 11.3 Å². The molecule has 6 nitrogen and oxygen atoms in total. The molecule has 1 fully saturated rings. The Balaban J connectivity index is 1.71. The SMILES string of the molecule is Cc1cc(C(=O)N2CCCCC2C(=O)NCc2ccco2)c(C)o1. The predicted molar refractivity (Wildman–Crippen MR) is 87.4 cm³/mol. The Morgan fingerprint density at radius 3 is 2.83 bits per heavy atom. The normalized spacial score (nSPS) is 17.8. The van der Waals surface area contributed by atoms with Gasteiger partial charge in [-0.05, 0) is 51.3 Å². The van der Waals surface area contributed by atoms with Gasteiger partial charge in [0.15, 0.2) is 0 Å². The maximum absolute atomic E-state index is 12.8. The van der Waals surface area contributed by atoms with Gasteiger partial charge in [-0.3, -0.25) is 9.59 Å². The monoisotopic (exact) mass is 330 g/mol. The Morgan fingerprint density at radius 2 is 2.17 bits per heavy atom. The first-order chi connectivity index (χ1) is 11.6. The van der Waals surface area contributed by atoms with Gasteiger partial charge in [-0.15, -0.1) is 0 Å². The molecule has 3 rings (SSSR count). The summed E-state index contributed by atoms with van der Waals surface area (Å²) in [5, 5.41) is 2.86. The number of aryl methyl sites for hydroxylation is 2. The second-order valence-corrected chi connectivity index (χ2v) is 6.13. The topological polar surface area (TPSA) is 75.7 Å². The number of carbonyl (C=O) groups excluding carboxylic acids is 2. The summed E-state index contributed by atoms with van der Waals surface area (Å²) in [5.41, 5.74) is 0.540. The van der Waals surface area contributed by atoms with Crippen molar-refractivity contribution in [1.82, 2.24) is 10.2 Å². The van der Waals surface area contributed by atoms with Gasteiger partial charge >= 0.3 is 0 Å². The van der Waals surface area contributed by atoms with E-state index in [1.165, 1.54) is 0 Å². The van der Waals surface area contributed by atoms with Crippen molar-refractivity contribution >= 4 is 11.8 Å². The summed E-state index contributed by atoms with van der Waals surface area (Å²) >= 11 is 0. The summed E-state index contributed by atoms with van der Waals surface area (Å²) in [6, 6.07) is 4.88. The second kappa shape index (κ2) is 6.95. The standard InChI is InChI=1S/C18H22N2O4/c1-12-10-15(13(2)24-12)18(22)20-8-4-3-7-16(20)17(21)19-11-14-6-5-9-23-14/h5-6,9-10,16H,3-4,7-8,11H2,1-2H3,(H,19,21). The molecule has 0 aliphatic carbocycles. The highest BCUT2D eigenvalue weighted by Gasteiger charge is 2.33. The van der Waals surface area contributed by atoms with Crippen molar-refractivity contribution < 1.29 is 18.4 Å². The smallest absolute Gasteiger partial charge is 0.258 e. The highest BCUT2D eigenvalue weighted by molar-refractivity contribution is 5.98. The van der Waals surface area contributed by atoms with Crippen LogP contribution in [0.3, 0.4) is 0 Å². The molecule has 6 heteroatoms. The molecule has 1 atom stereocenters. The maximum atomic E-state index is 12.8. The highest BCUT2D eigenvalue weighted by Crippen LogP contribution is 2.23. The molecule has 0 spiro atoms. The van der Waals surface area contributed by atoms with E-state index in [1.54, 1.807) is 30.2 Å². The molecule has 1 saturated heterocycles. The lowest BCUT2D eigenvalue weighted by Gasteiger charge is -2.34. The Hall–Kier alpha value is -2.50. The molecule has 1 aliphatic heterocycles. The van der Waals surface area contributed by atoms with Gasteiger partial charge in [-0.2, -0.15) is 0 Å². The largest absolute Gasteiger partial charge is 0.467 e. The number of rotatable bonds is 4. The van der Waals surface area contributed by atoms with E-state index in [9.17, 15) is 9.59 Å². The summed E-state index contributed by atoms with van der Waals surface area (Å²) in [4.78, 5) is 27.1. The fraction of sp³-hybridized carbons (Fsp3) is 0.444. The second-order valence-electron chi connectivity index (χ2n) is 6.13. The van der Waals surface area contributed by atoms with Gasteiger partial charge in [0.1, 0.15) is 23.3 Å². The Morgan fingerprint density at radius 1 is 1.33 bits per heavy atom. The molecule has 1 aliphatic rings. The van der Waals surface area contributed by atoms with Crippen LogP contribution in [0.15, 0.2) is 33.3 Å².